The van der Waals surface area contributed by atoms with Gasteiger partial charge in [-0.3, -0.25) is 28.8 Å². The van der Waals surface area contributed by atoms with E-state index in [1.54, 1.807) is 16.0 Å². The molecule has 2 saturated heterocycles. The van der Waals surface area contributed by atoms with Gasteiger partial charge in [0.25, 0.3) is 0 Å². The van der Waals surface area contributed by atoms with Crippen molar-refractivity contribution < 1.29 is 28.7 Å². The Bertz CT molecular complexity index is 2290. The van der Waals surface area contributed by atoms with Crippen molar-refractivity contribution in [2.24, 2.45) is 16.8 Å². The van der Waals surface area contributed by atoms with Crippen LogP contribution in [0.15, 0.2) is 36.0 Å². The number of likely N-dealkylation sites (tertiary alicyclic amines) is 2. The molecule has 4 N–H and O–H groups in total. The number of nitrogens with one attached hydrogen (secondary N) is 4. The molecule has 4 amide bonds. The van der Waals surface area contributed by atoms with Crippen molar-refractivity contribution in [2.45, 2.75) is 77.5 Å². The molecule has 20 heteroatoms. The second-order valence-electron chi connectivity index (χ2n) is 15.1. The molecule has 0 radical (unpaired) electrons. The first-order chi connectivity index (χ1) is 27.8. The topological polar surface area (TPSA) is 217 Å². The van der Waals surface area contributed by atoms with E-state index in [2.05, 4.69) is 25.6 Å². The highest BCUT2D eigenvalue weighted by Crippen LogP contribution is 2.35. The monoisotopic (exact) mass is 832 g/mol. The maximum Gasteiger partial charge on any atom is 0.407 e. The van der Waals surface area contributed by atoms with E-state index < -0.39 is 24.3 Å². The Labute approximate surface area is 342 Å². The number of nitrogens with zero attached hydrogens (tertiary/aromatic N) is 8. The number of fused-ring (bicyclic) bond motifs is 2. The number of aromatic nitrogens is 6. The van der Waals surface area contributed by atoms with Crippen LogP contribution in [0.2, 0.25) is 0 Å². The smallest absolute Gasteiger partial charge is 0.407 e. The summed E-state index contributed by atoms with van der Waals surface area (Å²) in [6.45, 7) is 9.08. The number of carbonyl (C=O) groups is 4. The third-order valence-corrected chi connectivity index (χ3v) is 12.6. The SMILES string of the molecule is COC(=O)NC(C(=O)N1CCCC1CN=CC(=N)c1cn2cc(-c3cn4cc(-c5cnc(C6CCCN6C(=O)C(NC(=O)OC)C(C)C)[nH]5)sc4n3)nc2s1)C(C)C. The van der Waals surface area contributed by atoms with E-state index in [1.165, 1.54) is 43.1 Å². The molecule has 18 nitrogen and oxygen atoms in total. The van der Waals surface area contributed by atoms with Gasteiger partial charge in [-0.15, -0.1) is 0 Å². The average Bonchev–Trinajstić information content (AvgIpc) is 4.04. The van der Waals surface area contributed by atoms with Gasteiger partial charge in [-0.05, 0) is 37.5 Å². The first-order valence-electron chi connectivity index (χ1n) is 19.3. The van der Waals surface area contributed by atoms with Crippen molar-refractivity contribution in [2.75, 3.05) is 33.9 Å². The summed E-state index contributed by atoms with van der Waals surface area (Å²) in [6.07, 6.45) is 12.9. The molecule has 0 bridgehead atoms. The molecule has 0 aromatic carbocycles. The van der Waals surface area contributed by atoms with Gasteiger partial charge in [0.1, 0.15) is 29.3 Å². The lowest BCUT2D eigenvalue weighted by Gasteiger charge is -2.30. The van der Waals surface area contributed by atoms with Gasteiger partial charge in [0, 0.05) is 44.1 Å². The van der Waals surface area contributed by atoms with E-state index in [9.17, 15) is 19.2 Å². The number of amides is 4. The number of aliphatic imine (C=N–C) groups is 1. The van der Waals surface area contributed by atoms with Crippen LogP contribution >= 0.6 is 22.7 Å². The van der Waals surface area contributed by atoms with E-state index in [0.717, 1.165) is 51.9 Å². The molecule has 2 aliphatic rings. The van der Waals surface area contributed by atoms with Gasteiger partial charge < -0.3 is 34.9 Å². The number of hydrogen-bond acceptors (Lipinski definition) is 13. The van der Waals surface area contributed by atoms with Crippen molar-refractivity contribution in [1.29, 1.82) is 5.41 Å². The molecule has 2 fully saturated rings. The number of methoxy groups -OCH3 is 2. The zero-order chi connectivity index (χ0) is 41.2. The molecule has 5 aromatic rings. The average molecular weight is 833 g/mol. The van der Waals surface area contributed by atoms with Crippen LogP contribution < -0.4 is 10.6 Å². The number of rotatable bonds is 13. The number of alkyl carbamates (subject to hydrolysis) is 2. The lowest BCUT2D eigenvalue weighted by Crippen LogP contribution is -2.52. The van der Waals surface area contributed by atoms with Crippen LogP contribution in [-0.4, -0.2) is 126 Å². The third kappa shape index (κ3) is 8.33. The molecule has 4 atom stereocenters. The quantitative estimate of drug-likeness (QED) is 0.117. The van der Waals surface area contributed by atoms with Crippen molar-refractivity contribution in [3.8, 4) is 22.0 Å². The Hall–Kier alpha value is -5.63. The van der Waals surface area contributed by atoms with Gasteiger partial charge in [-0.1, -0.05) is 50.4 Å². The minimum absolute atomic E-state index is 0.109. The van der Waals surface area contributed by atoms with E-state index in [-0.39, 0.29) is 41.4 Å². The maximum atomic E-state index is 13.5. The fourth-order valence-electron chi connectivity index (χ4n) is 7.43. The van der Waals surface area contributed by atoms with Gasteiger partial charge in [0.2, 0.25) is 11.8 Å². The summed E-state index contributed by atoms with van der Waals surface area (Å²) in [7, 11) is 2.56. The van der Waals surface area contributed by atoms with Gasteiger partial charge in [0.15, 0.2) is 9.92 Å². The molecule has 2 aliphatic heterocycles. The van der Waals surface area contributed by atoms with Gasteiger partial charge in [0.05, 0.1) is 60.2 Å². The normalized spacial score (nSPS) is 18.2. The van der Waals surface area contributed by atoms with Crippen LogP contribution in [0.25, 0.3) is 31.9 Å². The fourth-order valence-corrected chi connectivity index (χ4v) is 9.25. The molecule has 7 rings (SSSR count). The summed E-state index contributed by atoms with van der Waals surface area (Å²) < 4.78 is 13.3. The van der Waals surface area contributed by atoms with Crippen LogP contribution in [-0.2, 0) is 19.1 Å². The molecule has 58 heavy (non-hydrogen) atoms. The number of carbonyl (C=O) groups excluding carboxylic acids is 4. The highest BCUT2D eigenvalue weighted by molar-refractivity contribution is 7.20. The lowest BCUT2D eigenvalue weighted by atomic mass is 10.0. The van der Waals surface area contributed by atoms with Crippen LogP contribution in [0.5, 0.6) is 0 Å². The Morgan fingerprint density at radius 1 is 0.879 bits per heavy atom. The van der Waals surface area contributed by atoms with Crippen LogP contribution in [0.1, 0.15) is 70.1 Å². The Kier molecular flexibility index (Phi) is 11.9. The maximum absolute atomic E-state index is 13.5. The van der Waals surface area contributed by atoms with Gasteiger partial charge in [-0.2, -0.15) is 0 Å². The van der Waals surface area contributed by atoms with Crippen LogP contribution in [0.3, 0.4) is 0 Å². The standard InChI is InChI=1S/C38H48N12O6S2/c1-20(2)30(45-37(53)55-5)33(51)49-11-7-9-22(49)13-40-14-23(39)28-18-47-16-25(43-35(47)57-28)26-17-48-19-29(58-36(48)44-26)24-15-41-32(42-24)27-10-8-12-50(27)34(52)31(21(3)4)46-38(54)56-6/h14-22,27,30-31,39H,7-13H2,1-6H3,(H,41,42)(H,45,53)(H,46,54). The summed E-state index contributed by atoms with van der Waals surface area (Å²) in [5, 5.41) is 14.0. The third-order valence-electron chi connectivity index (χ3n) is 10.5. The zero-order valence-corrected chi connectivity index (χ0v) is 34.9. The Balaban J connectivity index is 0.976. The van der Waals surface area contributed by atoms with Crippen molar-refractivity contribution in [3.63, 3.8) is 0 Å². The molecule has 0 aliphatic carbocycles. The summed E-state index contributed by atoms with van der Waals surface area (Å²) in [5.74, 6) is 0.166. The number of imidazole rings is 3. The summed E-state index contributed by atoms with van der Waals surface area (Å²) in [6, 6.07) is -1.73. The van der Waals surface area contributed by atoms with Crippen LogP contribution in [0.4, 0.5) is 9.59 Å². The predicted molar refractivity (Wildman–Crippen MR) is 220 cm³/mol. The highest BCUT2D eigenvalue weighted by Gasteiger charge is 2.38. The molecule has 4 unspecified atom stereocenters. The first kappa shape index (κ1) is 40.6. The molecule has 0 saturated carbocycles. The number of H-pyrrole nitrogens is 1. The highest BCUT2D eigenvalue weighted by atomic mass is 32.1. The number of hydrogen-bond donors (Lipinski definition) is 4. The second-order valence-corrected chi connectivity index (χ2v) is 17.2. The largest absolute Gasteiger partial charge is 0.453 e. The van der Waals surface area contributed by atoms with E-state index >= 15 is 0 Å². The Morgan fingerprint density at radius 2 is 1.47 bits per heavy atom. The first-order valence-corrected chi connectivity index (χ1v) is 20.9. The number of thiazole rings is 2. The van der Waals surface area contributed by atoms with Gasteiger partial charge in [-0.25, -0.2) is 24.5 Å². The summed E-state index contributed by atoms with van der Waals surface area (Å²) >= 11 is 2.89. The Morgan fingerprint density at radius 3 is 2.07 bits per heavy atom. The van der Waals surface area contributed by atoms with E-state index in [0.29, 0.717) is 36.0 Å². The molecule has 5 aromatic heterocycles. The van der Waals surface area contributed by atoms with Crippen molar-refractivity contribution in [1.82, 2.24) is 49.2 Å². The summed E-state index contributed by atoms with van der Waals surface area (Å²) in [5.41, 5.74) is 2.50. The van der Waals surface area contributed by atoms with Crippen molar-refractivity contribution in [3.05, 3.63) is 41.7 Å². The van der Waals surface area contributed by atoms with Crippen molar-refractivity contribution >= 4 is 68.5 Å². The minimum Gasteiger partial charge on any atom is -0.453 e. The lowest BCUT2D eigenvalue weighted by molar-refractivity contribution is -0.136. The van der Waals surface area contributed by atoms with E-state index in [4.69, 9.17) is 24.9 Å². The molecular weight excluding hydrogens is 785 g/mol. The second kappa shape index (κ2) is 17.1. The molecule has 0 spiro atoms. The van der Waals surface area contributed by atoms with Gasteiger partial charge >= 0.3 is 12.2 Å². The minimum atomic E-state index is -0.702. The predicted octanol–water partition coefficient (Wildman–Crippen LogP) is 5.02. The fraction of sp³-hybridized carbons (Fsp3) is 0.500. The number of aromatic amines is 1. The van der Waals surface area contributed by atoms with Crippen LogP contribution in [0, 0.1) is 17.2 Å². The molecular formula is C38H48N12O6S2. The summed E-state index contributed by atoms with van der Waals surface area (Å²) in [4.78, 5) is 79.6. The zero-order valence-electron chi connectivity index (χ0n) is 33.2. The van der Waals surface area contributed by atoms with E-state index in [1.807, 2.05) is 61.3 Å². The molecule has 7 heterocycles. The molecule has 308 valence electrons. The number of ether oxygens (including phenoxy) is 2.